The van der Waals surface area contributed by atoms with Crippen molar-refractivity contribution in [2.45, 2.75) is 9.85 Å². The Kier molecular flexibility index (Phi) is 4.16. The zero-order valence-electron chi connectivity index (χ0n) is 9.45. The van der Waals surface area contributed by atoms with E-state index < -0.39 is 15.0 Å². The summed E-state index contributed by atoms with van der Waals surface area (Å²) >= 11 is 3.33. The molecule has 2 aromatic rings. The average Bonchev–Trinajstić information content (AvgIpc) is 2.40. The van der Waals surface area contributed by atoms with Crippen molar-refractivity contribution in [2.24, 2.45) is 0 Å². The predicted molar refractivity (Wildman–Crippen MR) is 74.9 cm³/mol. The molecule has 0 fully saturated rings. The van der Waals surface area contributed by atoms with Crippen LogP contribution in [0, 0.1) is 0 Å². The molecule has 0 aliphatic rings. The first-order valence-electron chi connectivity index (χ1n) is 5.36. The molecule has 2 rings (SSSR count). The van der Waals surface area contributed by atoms with E-state index in [4.69, 9.17) is 0 Å². The molecular weight excluding hydrogens is 314 g/mol. The Balaban J connectivity index is 2.20. The zero-order chi connectivity index (χ0) is 13.0. The number of nitrogens with one attached hydrogen (secondary N) is 1. The molecule has 1 atom stereocenters. The number of rotatable bonds is 4. The summed E-state index contributed by atoms with van der Waals surface area (Å²) in [4.78, 5) is -0.186. The molecule has 1 N–H and O–H groups in total. The molecule has 0 amide bonds. The minimum atomic E-state index is -3.50. The molecule has 0 heterocycles. The summed E-state index contributed by atoms with van der Waals surface area (Å²) in [5, 5.41) is 0. The van der Waals surface area contributed by atoms with Gasteiger partial charge in [0.15, 0.2) is 0 Å². The first kappa shape index (κ1) is 13.3. The fraction of sp³-hybridized carbons (Fsp3) is 0.0769. The molecule has 5 heteroatoms. The van der Waals surface area contributed by atoms with E-state index in [9.17, 15) is 8.42 Å². The Morgan fingerprint density at radius 1 is 0.889 bits per heavy atom. The molecule has 2 aromatic carbocycles. The van der Waals surface area contributed by atoms with Crippen molar-refractivity contribution < 1.29 is 8.42 Å². The highest BCUT2D eigenvalue weighted by atomic mass is 79.9. The molecule has 3 nitrogen and oxygen atoms in total. The Morgan fingerprint density at radius 3 is 1.94 bits per heavy atom. The summed E-state index contributed by atoms with van der Waals surface area (Å²) in [6.07, 6.45) is 0. The van der Waals surface area contributed by atoms with Crippen LogP contribution in [0.3, 0.4) is 0 Å². The summed E-state index contributed by atoms with van der Waals surface area (Å²) in [5.41, 5.74) is 0.858. The van der Waals surface area contributed by atoms with Gasteiger partial charge >= 0.3 is 0 Å². The van der Waals surface area contributed by atoms with Gasteiger partial charge in [0.1, 0.15) is 4.95 Å². The van der Waals surface area contributed by atoms with Gasteiger partial charge in [-0.1, -0.05) is 64.5 Å². The third-order valence-corrected chi connectivity index (χ3v) is 4.90. The first-order valence-corrected chi connectivity index (χ1v) is 7.76. The van der Waals surface area contributed by atoms with Gasteiger partial charge in [-0.05, 0) is 17.7 Å². The number of sulfonamides is 1. The monoisotopic (exact) mass is 325 g/mol. The van der Waals surface area contributed by atoms with E-state index in [-0.39, 0.29) is 4.90 Å². The third-order valence-electron chi connectivity index (χ3n) is 2.40. The van der Waals surface area contributed by atoms with E-state index >= 15 is 0 Å². The smallest absolute Gasteiger partial charge is 0.207 e. The van der Waals surface area contributed by atoms with Gasteiger partial charge in [-0.2, -0.15) is 4.72 Å². The van der Waals surface area contributed by atoms with Crippen LogP contribution >= 0.6 is 15.9 Å². The minimum absolute atomic E-state index is 0.255. The number of hydrogen-bond donors (Lipinski definition) is 1. The highest BCUT2D eigenvalue weighted by Gasteiger charge is 2.18. The van der Waals surface area contributed by atoms with Crippen molar-refractivity contribution in [3.63, 3.8) is 0 Å². The van der Waals surface area contributed by atoms with Crippen molar-refractivity contribution in [2.75, 3.05) is 0 Å². The topological polar surface area (TPSA) is 46.2 Å². The second-order valence-electron chi connectivity index (χ2n) is 3.71. The second kappa shape index (κ2) is 5.65. The molecule has 1 unspecified atom stereocenters. The lowest BCUT2D eigenvalue weighted by Crippen LogP contribution is -2.25. The van der Waals surface area contributed by atoms with Crippen LogP contribution in [0.5, 0.6) is 0 Å². The van der Waals surface area contributed by atoms with E-state index in [1.807, 2.05) is 30.3 Å². The molecule has 0 aliphatic heterocycles. The summed E-state index contributed by atoms with van der Waals surface area (Å²) < 4.78 is 26.7. The quantitative estimate of drug-likeness (QED) is 0.693. The molecule has 0 bridgehead atoms. The standard InChI is InChI=1S/C13H12BrNO2S/c14-13(11-7-3-1-4-8-11)15-18(16,17)12-9-5-2-6-10-12/h1-10,13,15H. The Hall–Kier alpha value is -1.17. The van der Waals surface area contributed by atoms with Gasteiger partial charge in [0.05, 0.1) is 4.90 Å². The summed E-state index contributed by atoms with van der Waals surface area (Å²) in [7, 11) is -3.50. The van der Waals surface area contributed by atoms with Crippen molar-refractivity contribution >= 4 is 26.0 Å². The summed E-state index contributed by atoms with van der Waals surface area (Å²) in [6, 6.07) is 17.6. The minimum Gasteiger partial charge on any atom is -0.207 e. The number of benzene rings is 2. The Bertz CT molecular complexity index is 599. The Morgan fingerprint density at radius 2 is 1.39 bits per heavy atom. The van der Waals surface area contributed by atoms with E-state index in [1.165, 1.54) is 0 Å². The fourth-order valence-electron chi connectivity index (χ4n) is 1.49. The first-order chi connectivity index (χ1) is 8.59. The lowest BCUT2D eigenvalue weighted by Gasteiger charge is -2.13. The van der Waals surface area contributed by atoms with Crippen molar-refractivity contribution in [3.8, 4) is 0 Å². The van der Waals surface area contributed by atoms with Gasteiger partial charge in [0.2, 0.25) is 10.0 Å². The van der Waals surface area contributed by atoms with Crippen molar-refractivity contribution in [3.05, 3.63) is 66.2 Å². The molecule has 18 heavy (non-hydrogen) atoms. The molecule has 0 spiro atoms. The largest absolute Gasteiger partial charge is 0.241 e. The Labute approximate surface area is 115 Å². The molecule has 0 saturated carbocycles. The van der Waals surface area contributed by atoms with Gasteiger partial charge in [-0.25, -0.2) is 8.42 Å². The third kappa shape index (κ3) is 3.19. The maximum absolute atomic E-state index is 12.1. The molecule has 0 aromatic heterocycles. The van der Waals surface area contributed by atoms with E-state index in [0.29, 0.717) is 0 Å². The lowest BCUT2D eigenvalue weighted by atomic mass is 10.2. The SMILES string of the molecule is O=S(=O)(NC(Br)c1ccccc1)c1ccccc1. The van der Waals surface area contributed by atoms with Crippen LogP contribution in [0.2, 0.25) is 0 Å². The zero-order valence-corrected chi connectivity index (χ0v) is 11.9. The summed E-state index contributed by atoms with van der Waals surface area (Å²) in [5.74, 6) is 0. The maximum atomic E-state index is 12.1. The fourth-order valence-corrected chi connectivity index (χ4v) is 3.60. The van der Waals surface area contributed by atoms with Gasteiger partial charge in [-0.3, -0.25) is 0 Å². The summed E-state index contributed by atoms with van der Waals surface area (Å²) in [6.45, 7) is 0. The van der Waals surface area contributed by atoms with Crippen LogP contribution < -0.4 is 4.72 Å². The van der Waals surface area contributed by atoms with Crippen molar-refractivity contribution in [1.82, 2.24) is 4.72 Å². The molecular formula is C13H12BrNO2S. The number of alkyl halides is 1. The van der Waals surface area contributed by atoms with E-state index in [0.717, 1.165) is 5.56 Å². The van der Waals surface area contributed by atoms with E-state index in [1.54, 1.807) is 30.3 Å². The normalized spacial score (nSPS) is 13.2. The number of halogens is 1. The molecule has 0 radical (unpaired) electrons. The van der Waals surface area contributed by atoms with Crippen molar-refractivity contribution in [1.29, 1.82) is 0 Å². The predicted octanol–water partition coefficient (Wildman–Crippen LogP) is 3.06. The van der Waals surface area contributed by atoms with Crippen LogP contribution in [0.25, 0.3) is 0 Å². The lowest BCUT2D eigenvalue weighted by molar-refractivity contribution is 0.581. The molecule has 94 valence electrons. The highest BCUT2D eigenvalue weighted by Crippen LogP contribution is 2.22. The maximum Gasteiger partial charge on any atom is 0.241 e. The van der Waals surface area contributed by atoms with Gasteiger partial charge in [-0.15, -0.1) is 0 Å². The van der Waals surface area contributed by atoms with Crippen LogP contribution in [-0.4, -0.2) is 8.42 Å². The van der Waals surface area contributed by atoms with Gasteiger partial charge in [0.25, 0.3) is 0 Å². The molecule has 0 aliphatic carbocycles. The van der Waals surface area contributed by atoms with E-state index in [2.05, 4.69) is 20.7 Å². The van der Waals surface area contributed by atoms with Crippen LogP contribution in [0.15, 0.2) is 65.6 Å². The second-order valence-corrected chi connectivity index (χ2v) is 6.34. The van der Waals surface area contributed by atoms with Gasteiger partial charge in [0, 0.05) is 0 Å². The average molecular weight is 326 g/mol. The van der Waals surface area contributed by atoms with Crippen LogP contribution in [0.4, 0.5) is 0 Å². The highest BCUT2D eigenvalue weighted by molar-refractivity contribution is 9.09. The van der Waals surface area contributed by atoms with Gasteiger partial charge < -0.3 is 0 Å². The van der Waals surface area contributed by atoms with Crippen LogP contribution in [0.1, 0.15) is 10.5 Å². The molecule has 0 saturated heterocycles. The van der Waals surface area contributed by atoms with Crippen LogP contribution in [-0.2, 0) is 10.0 Å². The number of hydrogen-bond acceptors (Lipinski definition) is 2.